The Bertz CT molecular complexity index is 900. The van der Waals surface area contributed by atoms with Crippen LogP contribution >= 0.6 is 11.3 Å². The van der Waals surface area contributed by atoms with Crippen LogP contribution in [0.4, 0.5) is 18.3 Å². The van der Waals surface area contributed by atoms with E-state index >= 15 is 0 Å². The van der Waals surface area contributed by atoms with Gasteiger partial charge in [0.2, 0.25) is 5.91 Å². The quantitative estimate of drug-likeness (QED) is 0.644. The number of anilines is 1. The van der Waals surface area contributed by atoms with E-state index in [1.165, 1.54) is 0 Å². The lowest BCUT2D eigenvalue weighted by molar-refractivity contribution is -0.171. The molecule has 1 saturated carbocycles. The highest BCUT2D eigenvalue weighted by molar-refractivity contribution is 7.13. The van der Waals surface area contributed by atoms with Gasteiger partial charge in [0.1, 0.15) is 5.60 Å². The Balaban J connectivity index is 1.53. The highest BCUT2D eigenvalue weighted by Gasteiger charge is 2.62. The van der Waals surface area contributed by atoms with Crippen LogP contribution in [0.5, 0.6) is 0 Å². The summed E-state index contributed by atoms with van der Waals surface area (Å²) in [6.45, 7) is 10.9. The summed E-state index contributed by atoms with van der Waals surface area (Å²) in [5.74, 6) is -0.788. The lowest BCUT2D eigenvalue weighted by Crippen LogP contribution is -2.64. The molecule has 6 nitrogen and oxygen atoms in total. The van der Waals surface area contributed by atoms with Gasteiger partial charge >= 0.3 is 12.1 Å². The van der Waals surface area contributed by atoms with E-state index in [4.69, 9.17) is 4.74 Å². The fourth-order valence-corrected chi connectivity index (χ4v) is 5.49. The number of carbonyl (C=O) groups is 2. The van der Waals surface area contributed by atoms with Crippen molar-refractivity contribution in [2.45, 2.75) is 52.8 Å². The number of halogens is 3. The van der Waals surface area contributed by atoms with Gasteiger partial charge < -0.3 is 14.5 Å². The number of aromatic nitrogens is 1. The second-order valence-corrected chi connectivity index (χ2v) is 11.6. The van der Waals surface area contributed by atoms with Gasteiger partial charge in [0.05, 0.1) is 5.92 Å². The van der Waals surface area contributed by atoms with Crippen LogP contribution in [0.1, 0.15) is 46.7 Å². The van der Waals surface area contributed by atoms with Crippen LogP contribution in [0.3, 0.4) is 0 Å². The number of thiazole rings is 1. The maximum Gasteiger partial charge on any atom is 0.434 e. The van der Waals surface area contributed by atoms with Crippen LogP contribution in [0.25, 0.3) is 0 Å². The van der Waals surface area contributed by atoms with E-state index in [0.29, 0.717) is 19.6 Å². The predicted octanol–water partition coefficient (Wildman–Crippen LogP) is 3.81. The number of likely N-dealkylation sites (tertiary alicyclic amines) is 1. The summed E-state index contributed by atoms with van der Waals surface area (Å²) in [4.78, 5) is 33.0. The molecule has 1 spiro atoms. The number of amides is 1. The summed E-state index contributed by atoms with van der Waals surface area (Å²) in [5, 5.41) is 1.24. The third-order valence-electron chi connectivity index (χ3n) is 6.53. The SMILES string of the molecule is CC(C)(C)OC(=O)C1CN(c2nc(C(F)(F)F)cs2)CC12CN(C(=O)[C@H]1CC1(C)C)C2. The highest BCUT2D eigenvalue weighted by atomic mass is 32.1. The van der Waals surface area contributed by atoms with Gasteiger partial charge in [-0.1, -0.05) is 13.8 Å². The number of hydrogen-bond donors (Lipinski definition) is 0. The Hall–Kier alpha value is -1.84. The second-order valence-electron chi connectivity index (χ2n) is 10.8. The molecule has 1 aromatic rings. The Labute approximate surface area is 183 Å². The van der Waals surface area contributed by atoms with E-state index in [1.54, 1.807) is 30.6 Å². The van der Waals surface area contributed by atoms with Crippen LogP contribution in [0, 0.1) is 22.7 Å². The summed E-state index contributed by atoms with van der Waals surface area (Å²) in [5.41, 5.74) is -2.11. The van der Waals surface area contributed by atoms with Gasteiger partial charge in [-0.05, 0) is 32.6 Å². The molecule has 0 bridgehead atoms. The van der Waals surface area contributed by atoms with Crippen LogP contribution in [-0.2, 0) is 20.5 Å². The first-order valence-corrected chi connectivity index (χ1v) is 11.3. The lowest BCUT2D eigenvalue weighted by Gasteiger charge is -2.50. The molecule has 1 aromatic heterocycles. The average Bonchev–Trinajstić information content (AvgIpc) is 3.00. The third kappa shape index (κ3) is 4.15. The van der Waals surface area contributed by atoms with Crippen molar-refractivity contribution < 1.29 is 27.5 Å². The zero-order chi connectivity index (χ0) is 23.0. The Morgan fingerprint density at radius 1 is 1.16 bits per heavy atom. The molecule has 1 aliphatic carbocycles. The average molecular weight is 460 g/mol. The minimum Gasteiger partial charge on any atom is -0.460 e. The normalized spacial score (nSPS) is 26.7. The number of rotatable bonds is 3. The van der Waals surface area contributed by atoms with Crippen molar-refractivity contribution in [2.24, 2.45) is 22.7 Å². The van der Waals surface area contributed by atoms with E-state index < -0.39 is 28.8 Å². The van der Waals surface area contributed by atoms with E-state index in [-0.39, 0.29) is 34.9 Å². The maximum absolute atomic E-state index is 13.0. The molecular formula is C21H28F3N3O3S. The first-order valence-electron chi connectivity index (χ1n) is 10.4. The van der Waals surface area contributed by atoms with Crippen molar-refractivity contribution in [3.63, 3.8) is 0 Å². The van der Waals surface area contributed by atoms with Crippen LogP contribution in [0.2, 0.25) is 0 Å². The first-order chi connectivity index (χ1) is 14.1. The van der Waals surface area contributed by atoms with Crippen molar-refractivity contribution in [2.75, 3.05) is 31.1 Å². The number of nitrogens with zero attached hydrogens (tertiary/aromatic N) is 3. The van der Waals surface area contributed by atoms with E-state index in [0.717, 1.165) is 23.1 Å². The van der Waals surface area contributed by atoms with Gasteiger partial charge in [-0.25, -0.2) is 4.98 Å². The maximum atomic E-state index is 13.0. The Morgan fingerprint density at radius 3 is 2.26 bits per heavy atom. The van der Waals surface area contributed by atoms with Crippen molar-refractivity contribution in [1.29, 1.82) is 0 Å². The predicted molar refractivity (Wildman–Crippen MR) is 110 cm³/mol. The van der Waals surface area contributed by atoms with Gasteiger partial charge in [-0.15, -0.1) is 11.3 Å². The van der Waals surface area contributed by atoms with Crippen molar-refractivity contribution in [1.82, 2.24) is 9.88 Å². The first kappa shape index (κ1) is 22.4. The van der Waals surface area contributed by atoms with Gasteiger partial charge in [0.15, 0.2) is 10.8 Å². The fraction of sp³-hybridized carbons (Fsp3) is 0.762. The number of ether oxygens (including phenoxy) is 1. The van der Waals surface area contributed by atoms with E-state index in [9.17, 15) is 22.8 Å². The molecule has 2 aliphatic heterocycles. The molecule has 3 fully saturated rings. The van der Waals surface area contributed by atoms with Crippen molar-refractivity contribution in [3.05, 3.63) is 11.1 Å². The molecule has 0 N–H and O–H groups in total. The summed E-state index contributed by atoms with van der Waals surface area (Å²) in [6.07, 6.45) is -3.65. The molecule has 172 valence electrons. The molecule has 0 radical (unpaired) electrons. The smallest absolute Gasteiger partial charge is 0.434 e. The summed E-state index contributed by atoms with van der Waals surface area (Å²) in [6, 6.07) is 0. The van der Waals surface area contributed by atoms with E-state index in [2.05, 4.69) is 18.8 Å². The third-order valence-corrected chi connectivity index (χ3v) is 7.43. The molecule has 1 amide bonds. The molecule has 1 unspecified atom stereocenters. The number of esters is 1. The number of carbonyl (C=O) groups excluding carboxylic acids is 2. The molecule has 3 heterocycles. The van der Waals surface area contributed by atoms with Crippen LogP contribution in [0.15, 0.2) is 5.38 Å². The molecule has 2 atom stereocenters. The molecular weight excluding hydrogens is 431 g/mol. The zero-order valence-corrected chi connectivity index (χ0v) is 19.2. The van der Waals surface area contributed by atoms with Gasteiger partial charge in [-0.3, -0.25) is 9.59 Å². The number of alkyl halides is 3. The zero-order valence-electron chi connectivity index (χ0n) is 18.4. The fourth-order valence-electron chi connectivity index (χ4n) is 4.65. The van der Waals surface area contributed by atoms with Crippen molar-refractivity contribution >= 4 is 28.3 Å². The molecule has 3 aliphatic rings. The second kappa shape index (κ2) is 6.83. The molecule has 31 heavy (non-hydrogen) atoms. The largest absolute Gasteiger partial charge is 0.460 e. The van der Waals surface area contributed by atoms with Crippen LogP contribution < -0.4 is 4.90 Å². The number of hydrogen-bond acceptors (Lipinski definition) is 6. The standard InChI is InChI=1S/C21H28F3N3O3S/c1-18(2,3)30-16(29)13-7-26(17-25-14(8-31-17)21(22,23)24)9-20(13)10-27(11-20)15(28)12-6-19(12,4)5/h8,12-13H,6-7,9-11H2,1-5H3/t12-,13?/m1/s1. The highest BCUT2D eigenvalue weighted by Crippen LogP contribution is 2.55. The van der Waals surface area contributed by atoms with Gasteiger partial charge in [0, 0.05) is 42.9 Å². The Kier molecular flexibility index (Phi) is 4.92. The van der Waals surface area contributed by atoms with E-state index in [1.807, 2.05) is 0 Å². The molecule has 10 heteroatoms. The molecule has 0 aromatic carbocycles. The summed E-state index contributed by atoms with van der Waals surface area (Å²) in [7, 11) is 0. The van der Waals surface area contributed by atoms with Crippen molar-refractivity contribution in [3.8, 4) is 0 Å². The minimum absolute atomic E-state index is 0.00985. The molecule has 2 saturated heterocycles. The topological polar surface area (TPSA) is 62.7 Å². The summed E-state index contributed by atoms with van der Waals surface area (Å²) >= 11 is 0.920. The van der Waals surface area contributed by atoms with Crippen LogP contribution in [-0.4, -0.2) is 53.5 Å². The lowest BCUT2D eigenvalue weighted by atomic mass is 9.71. The van der Waals surface area contributed by atoms with Gasteiger partial charge in [-0.2, -0.15) is 13.2 Å². The summed E-state index contributed by atoms with van der Waals surface area (Å²) < 4.78 is 44.6. The monoisotopic (exact) mass is 459 g/mol. The van der Waals surface area contributed by atoms with Gasteiger partial charge in [0.25, 0.3) is 0 Å². The minimum atomic E-state index is -4.51. The molecule has 4 rings (SSSR count). The Morgan fingerprint density at radius 2 is 1.77 bits per heavy atom.